The topological polar surface area (TPSA) is 129 Å². The highest BCUT2D eigenvalue weighted by molar-refractivity contribution is 6.02. The summed E-state index contributed by atoms with van der Waals surface area (Å²) in [5, 5.41) is 10.7. The zero-order valence-corrected chi connectivity index (χ0v) is 9.90. The molecule has 0 fully saturated rings. The second-order valence-electron chi connectivity index (χ2n) is 3.90. The molecule has 100 valence electrons. The van der Waals surface area contributed by atoms with Crippen LogP contribution in [0.4, 0.5) is 11.6 Å². The Kier molecular flexibility index (Phi) is 3.03. The number of anilines is 1. The number of hydrogen-bond acceptors (Lipinski definition) is 6. The lowest BCUT2D eigenvalue weighted by molar-refractivity contribution is -0.389. The highest BCUT2D eigenvalue weighted by Crippen LogP contribution is 2.33. The number of amides is 2. The number of nitro groups is 1. The lowest BCUT2D eigenvalue weighted by Gasteiger charge is -2.28. The molecule has 0 bridgehead atoms. The van der Waals surface area contributed by atoms with Gasteiger partial charge in [0.05, 0.1) is 0 Å². The van der Waals surface area contributed by atoms with Crippen LogP contribution in [0.5, 0.6) is 5.75 Å². The summed E-state index contributed by atoms with van der Waals surface area (Å²) in [4.78, 5) is 37.5. The minimum absolute atomic E-state index is 0.0731. The molecular weight excluding hydrogens is 256 g/mol. The third-order valence-electron chi connectivity index (χ3n) is 2.50. The van der Waals surface area contributed by atoms with Gasteiger partial charge in [-0.2, -0.15) is 0 Å². The number of carbonyl (C=O) groups excluding carboxylic acids is 2. The standard InChI is InChI=1S/C10H10N4O5/c1-5-10(16)13(4-7(11)15)9-6(19-5)2-3-8(12-9)14(17)18/h2-3,5H,4H2,1H3,(H2,11,15). The van der Waals surface area contributed by atoms with Gasteiger partial charge in [0, 0.05) is 6.07 Å². The van der Waals surface area contributed by atoms with Crippen LogP contribution in [0.2, 0.25) is 0 Å². The van der Waals surface area contributed by atoms with Crippen molar-refractivity contribution < 1.29 is 19.2 Å². The van der Waals surface area contributed by atoms with Crippen molar-refractivity contribution in [2.45, 2.75) is 13.0 Å². The first-order valence-electron chi connectivity index (χ1n) is 5.32. The summed E-state index contributed by atoms with van der Waals surface area (Å²) in [6.07, 6.45) is -0.810. The number of carbonyl (C=O) groups is 2. The van der Waals surface area contributed by atoms with E-state index in [-0.39, 0.29) is 11.6 Å². The minimum atomic E-state index is -0.810. The molecule has 0 saturated carbocycles. The van der Waals surface area contributed by atoms with Crippen molar-refractivity contribution in [1.29, 1.82) is 0 Å². The smallest absolute Gasteiger partial charge is 0.366 e. The van der Waals surface area contributed by atoms with E-state index in [0.29, 0.717) is 0 Å². The molecule has 1 aliphatic rings. The van der Waals surface area contributed by atoms with E-state index in [1.807, 2.05) is 0 Å². The molecule has 2 N–H and O–H groups in total. The Morgan fingerprint density at radius 1 is 1.63 bits per heavy atom. The Morgan fingerprint density at radius 3 is 2.89 bits per heavy atom. The highest BCUT2D eigenvalue weighted by atomic mass is 16.6. The van der Waals surface area contributed by atoms with E-state index in [9.17, 15) is 19.7 Å². The van der Waals surface area contributed by atoms with Crippen molar-refractivity contribution in [2.24, 2.45) is 5.73 Å². The van der Waals surface area contributed by atoms with Gasteiger partial charge in [0.15, 0.2) is 11.9 Å². The first-order valence-corrected chi connectivity index (χ1v) is 5.32. The van der Waals surface area contributed by atoms with Crippen LogP contribution in [-0.2, 0) is 9.59 Å². The molecule has 1 aromatic heterocycles. The van der Waals surface area contributed by atoms with Crippen molar-refractivity contribution in [1.82, 2.24) is 4.98 Å². The maximum atomic E-state index is 11.9. The highest BCUT2D eigenvalue weighted by Gasteiger charge is 2.37. The molecule has 1 aromatic rings. The molecule has 19 heavy (non-hydrogen) atoms. The zero-order valence-electron chi connectivity index (χ0n) is 9.90. The van der Waals surface area contributed by atoms with Crippen LogP contribution < -0.4 is 15.4 Å². The van der Waals surface area contributed by atoms with Crippen LogP contribution in [0.25, 0.3) is 0 Å². The van der Waals surface area contributed by atoms with Gasteiger partial charge < -0.3 is 20.6 Å². The summed E-state index contributed by atoms with van der Waals surface area (Å²) in [5.74, 6) is -1.60. The monoisotopic (exact) mass is 266 g/mol. The van der Waals surface area contributed by atoms with E-state index < -0.39 is 35.2 Å². The first kappa shape index (κ1) is 12.7. The van der Waals surface area contributed by atoms with Gasteiger partial charge >= 0.3 is 5.82 Å². The molecule has 0 spiro atoms. The van der Waals surface area contributed by atoms with E-state index in [4.69, 9.17) is 10.5 Å². The maximum absolute atomic E-state index is 11.9. The molecule has 0 aliphatic carbocycles. The summed E-state index contributed by atoms with van der Waals surface area (Å²) < 4.78 is 5.26. The van der Waals surface area contributed by atoms with Crippen LogP contribution in [0.3, 0.4) is 0 Å². The zero-order chi connectivity index (χ0) is 14.2. The number of hydrogen-bond donors (Lipinski definition) is 1. The van der Waals surface area contributed by atoms with Crippen molar-refractivity contribution in [3.63, 3.8) is 0 Å². The predicted octanol–water partition coefficient (Wildman–Crippen LogP) is -0.411. The number of ether oxygens (including phenoxy) is 1. The third-order valence-corrected chi connectivity index (χ3v) is 2.50. The number of primary amides is 1. The average molecular weight is 266 g/mol. The number of aromatic nitrogens is 1. The molecule has 1 unspecified atom stereocenters. The Labute approximate surface area is 107 Å². The summed E-state index contributed by atoms with van der Waals surface area (Å²) >= 11 is 0. The maximum Gasteiger partial charge on any atom is 0.366 e. The van der Waals surface area contributed by atoms with Crippen LogP contribution in [0.15, 0.2) is 12.1 Å². The molecule has 2 rings (SSSR count). The molecule has 0 aromatic carbocycles. The fraction of sp³-hybridized carbons (Fsp3) is 0.300. The number of fused-ring (bicyclic) bond motifs is 1. The lowest BCUT2D eigenvalue weighted by Crippen LogP contribution is -2.48. The van der Waals surface area contributed by atoms with Gasteiger partial charge in [0.2, 0.25) is 5.91 Å². The van der Waals surface area contributed by atoms with Crippen molar-refractivity contribution in [3.8, 4) is 5.75 Å². The fourth-order valence-corrected chi connectivity index (χ4v) is 1.69. The molecule has 2 amide bonds. The predicted molar refractivity (Wildman–Crippen MR) is 62.5 cm³/mol. The van der Waals surface area contributed by atoms with Gasteiger partial charge in [0.25, 0.3) is 11.7 Å². The van der Waals surface area contributed by atoms with Crippen LogP contribution in [0.1, 0.15) is 6.92 Å². The molecular formula is C10H10N4O5. The number of nitrogens with zero attached hydrogens (tertiary/aromatic N) is 3. The SMILES string of the molecule is CC1Oc2ccc([N+](=O)[O-])nc2N(CC(N)=O)C1=O. The van der Waals surface area contributed by atoms with Crippen LogP contribution in [0, 0.1) is 10.1 Å². The number of pyridine rings is 1. The summed E-state index contributed by atoms with van der Waals surface area (Å²) in [5.41, 5.74) is 5.05. The van der Waals surface area contributed by atoms with E-state index in [0.717, 1.165) is 11.0 Å². The van der Waals surface area contributed by atoms with E-state index in [1.165, 1.54) is 13.0 Å². The summed E-state index contributed by atoms with van der Waals surface area (Å²) in [6.45, 7) is 1.09. The second-order valence-corrected chi connectivity index (χ2v) is 3.90. The average Bonchev–Trinajstić information content (AvgIpc) is 2.34. The van der Waals surface area contributed by atoms with Gasteiger partial charge in [-0.05, 0) is 22.9 Å². The van der Waals surface area contributed by atoms with E-state index in [2.05, 4.69) is 4.98 Å². The van der Waals surface area contributed by atoms with Crippen molar-refractivity contribution in [2.75, 3.05) is 11.4 Å². The first-order chi connectivity index (χ1) is 8.90. The second kappa shape index (κ2) is 4.52. The normalized spacial score (nSPS) is 17.6. The summed E-state index contributed by atoms with van der Waals surface area (Å²) in [7, 11) is 0. The largest absolute Gasteiger partial charge is 0.475 e. The lowest BCUT2D eigenvalue weighted by atomic mass is 10.2. The van der Waals surface area contributed by atoms with Crippen LogP contribution >= 0.6 is 0 Å². The molecule has 0 saturated heterocycles. The van der Waals surface area contributed by atoms with Gasteiger partial charge in [-0.1, -0.05) is 0 Å². The molecule has 1 aliphatic heterocycles. The van der Waals surface area contributed by atoms with Crippen molar-refractivity contribution >= 4 is 23.5 Å². The third kappa shape index (κ3) is 2.30. The summed E-state index contributed by atoms with van der Waals surface area (Å²) in [6, 6.07) is 2.49. The fourth-order valence-electron chi connectivity index (χ4n) is 1.69. The van der Waals surface area contributed by atoms with Crippen molar-refractivity contribution in [3.05, 3.63) is 22.2 Å². The van der Waals surface area contributed by atoms with Gasteiger partial charge in [-0.15, -0.1) is 0 Å². The van der Waals surface area contributed by atoms with E-state index in [1.54, 1.807) is 0 Å². The molecule has 1 atom stereocenters. The Morgan fingerprint density at radius 2 is 2.32 bits per heavy atom. The quantitative estimate of drug-likeness (QED) is 0.584. The molecule has 9 heteroatoms. The Bertz CT molecular complexity index is 573. The van der Waals surface area contributed by atoms with Gasteiger partial charge in [-0.3, -0.25) is 14.5 Å². The number of nitrogens with two attached hydrogens (primary N) is 1. The Hall–Kier alpha value is -2.71. The van der Waals surface area contributed by atoms with Gasteiger partial charge in [-0.25, -0.2) is 0 Å². The van der Waals surface area contributed by atoms with Gasteiger partial charge in [0.1, 0.15) is 6.54 Å². The molecule has 9 nitrogen and oxygen atoms in total. The Balaban J connectivity index is 2.50. The van der Waals surface area contributed by atoms with E-state index >= 15 is 0 Å². The molecule has 0 radical (unpaired) electrons. The number of rotatable bonds is 3. The van der Waals surface area contributed by atoms with Crippen LogP contribution in [-0.4, -0.2) is 34.4 Å². The minimum Gasteiger partial charge on any atom is -0.475 e. The molecule has 2 heterocycles.